The van der Waals surface area contributed by atoms with Crippen LogP contribution >= 0.6 is 0 Å². The van der Waals surface area contributed by atoms with Gasteiger partial charge in [0.1, 0.15) is 13.7 Å². The predicted octanol–water partition coefficient (Wildman–Crippen LogP) is 7.22. The zero-order valence-corrected chi connectivity index (χ0v) is 24.7. The quantitative estimate of drug-likeness (QED) is 0.234. The molecule has 5 nitrogen and oxygen atoms in total. The molecular formula is C33H36BF4N3O2. The van der Waals surface area contributed by atoms with Crippen LogP contribution in [-0.2, 0) is 11.0 Å². The summed E-state index contributed by atoms with van der Waals surface area (Å²) in [5.41, 5.74) is 1.30. The number of carbonyl (C=O) groups is 2. The lowest BCUT2D eigenvalue weighted by Gasteiger charge is -2.48. The first-order valence-corrected chi connectivity index (χ1v) is 14.8. The summed E-state index contributed by atoms with van der Waals surface area (Å²) in [5, 5.41) is 5.03. The number of rotatable bonds is 6. The number of hydrogen-bond donors (Lipinski definition) is 2. The van der Waals surface area contributed by atoms with E-state index >= 15 is 4.39 Å². The number of aryl methyl sites for hydroxylation is 2. The van der Waals surface area contributed by atoms with Crippen LogP contribution in [0.1, 0.15) is 77.2 Å². The number of nitrogens with one attached hydrogen (secondary N) is 2. The second-order valence-corrected chi connectivity index (χ2v) is 12.1. The fraction of sp³-hybridized carbons (Fsp3) is 0.394. The Balaban J connectivity index is 1.52. The lowest BCUT2D eigenvalue weighted by atomic mass is 9.56. The average Bonchev–Trinajstić information content (AvgIpc) is 3.47. The van der Waals surface area contributed by atoms with Crippen molar-refractivity contribution in [2.75, 3.05) is 17.2 Å². The van der Waals surface area contributed by atoms with Gasteiger partial charge in [0.2, 0.25) is 5.91 Å². The molecule has 43 heavy (non-hydrogen) atoms. The van der Waals surface area contributed by atoms with Gasteiger partial charge < -0.3 is 15.5 Å². The number of alkyl halides is 3. The fourth-order valence-electron chi connectivity index (χ4n) is 6.62. The lowest BCUT2D eigenvalue weighted by Crippen LogP contribution is -2.50. The molecule has 3 aromatic carbocycles. The Kier molecular flexibility index (Phi) is 8.59. The van der Waals surface area contributed by atoms with E-state index in [1.54, 1.807) is 31.8 Å². The normalized spacial score (nSPS) is 21.1. The number of piperidine rings is 1. The molecule has 5 rings (SSSR count). The summed E-state index contributed by atoms with van der Waals surface area (Å²) in [6.45, 7) is 3.33. The van der Waals surface area contributed by atoms with E-state index < -0.39 is 40.7 Å². The molecule has 226 valence electrons. The number of benzene rings is 3. The van der Waals surface area contributed by atoms with Crippen molar-refractivity contribution in [2.45, 2.75) is 75.9 Å². The third kappa shape index (κ3) is 6.29. The van der Waals surface area contributed by atoms with E-state index in [2.05, 4.69) is 10.6 Å². The summed E-state index contributed by atoms with van der Waals surface area (Å²) in [5.74, 6) is -1.68. The molecule has 1 heterocycles. The maximum absolute atomic E-state index is 15.0. The van der Waals surface area contributed by atoms with Crippen LogP contribution < -0.4 is 10.6 Å². The second-order valence-electron chi connectivity index (χ2n) is 12.1. The van der Waals surface area contributed by atoms with Crippen LogP contribution in [0.15, 0.2) is 60.7 Å². The number of halogens is 4. The molecule has 10 heteroatoms. The zero-order valence-electron chi connectivity index (χ0n) is 24.7. The maximum atomic E-state index is 15.0. The van der Waals surface area contributed by atoms with E-state index in [9.17, 15) is 22.8 Å². The number of likely N-dealkylation sites (tertiary alicyclic amines) is 1. The minimum atomic E-state index is -4.57. The third-order valence-electron chi connectivity index (χ3n) is 8.98. The Labute approximate surface area is 250 Å². The van der Waals surface area contributed by atoms with Crippen LogP contribution in [-0.4, -0.2) is 37.1 Å². The van der Waals surface area contributed by atoms with Crippen molar-refractivity contribution < 1.29 is 27.2 Å². The minimum Gasteiger partial charge on any atom is -0.382 e. The van der Waals surface area contributed by atoms with Gasteiger partial charge in [0, 0.05) is 29.3 Å². The highest BCUT2D eigenvalue weighted by Crippen LogP contribution is 2.51. The monoisotopic (exact) mass is 593 g/mol. The molecule has 2 fully saturated rings. The molecule has 3 aromatic rings. The summed E-state index contributed by atoms with van der Waals surface area (Å²) in [7, 11) is 1.73. The summed E-state index contributed by atoms with van der Waals surface area (Å²) in [6, 6.07) is 15.4. The second kappa shape index (κ2) is 12.1. The SMILES string of the molecule is B[C@]1(C(=O)Nc2ccc(C)c(C(F)(F)F)c2)CCCN(C(=O)c2c(C)cccc2F)[C@H]1c1ccc(NC2CCCC2)cc1. The van der Waals surface area contributed by atoms with Crippen molar-refractivity contribution in [2.24, 2.45) is 0 Å². The molecule has 2 aliphatic rings. The molecule has 1 saturated heterocycles. The van der Waals surface area contributed by atoms with Crippen LogP contribution in [0.2, 0.25) is 5.31 Å². The molecule has 1 saturated carbocycles. The van der Waals surface area contributed by atoms with Crippen LogP contribution in [0.3, 0.4) is 0 Å². The van der Waals surface area contributed by atoms with Crippen LogP contribution in [0.5, 0.6) is 0 Å². The standard InChI is InChI=1S/C33H36BF4N3O2/c1-20-11-14-25(19-26(20)33(36,37)38)40-31(43)32(34)17-6-18-41(30(42)28-21(2)7-5-10-27(28)35)29(32)22-12-15-24(16-13-22)39-23-8-3-4-9-23/h5,7,10-16,19,23,29,39H,3-4,6,8-9,17-18,34H2,1-2H3,(H,40,43)/t29-,32+/m0/s1. The van der Waals surface area contributed by atoms with E-state index in [-0.39, 0.29) is 16.8 Å². The molecule has 2 atom stereocenters. The molecule has 0 unspecified atom stereocenters. The Bertz CT molecular complexity index is 1480. The van der Waals surface area contributed by atoms with E-state index in [4.69, 9.17) is 0 Å². The van der Waals surface area contributed by atoms with Crippen molar-refractivity contribution in [1.29, 1.82) is 0 Å². The van der Waals surface area contributed by atoms with Gasteiger partial charge in [-0.05, 0) is 86.6 Å². The van der Waals surface area contributed by atoms with E-state index in [0.29, 0.717) is 36.6 Å². The molecule has 0 aromatic heterocycles. The molecule has 2 N–H and O–H groups in total. The van der Waals surface area contributed by atoms with Crippen molar-refractivity contribution in [3.63, 3.8) is 0 Å². The average molecular weight is 593 g/mol. The summed E-state index contributed by atoms with van der Waals surface area (Å²) in [6.07, 6.45) is 0.833. The Morgan fingerprint density at radius 2 is 1.60 bits per heavy atom. The van der Waals surface area contributed by atoms with E-state index in [1.807, 2.05) is 24.3 Å². The van der Waals surface area contributed by atoms with Gasteiger partial charge in [-0.15, -0.1) is 0 Å². The minimum absolute atomic E-state index is 0.0207. The highest BCUT2D eigenvalue weighted by molar-refractivity contribution is 6.31. The van der Waals surface area contributed by atoms with Crippen molar-refractivity contribution in [1.82, 2.24) is 4.90 Å². The smallest absolute Gasteiger partial charge is 0.382 e. The maximum Gasteiger partial charge on any atom is 0.416 e. The first-order chi connectivity index (χ1) is 20.4. The number of carbonyl (C=O) groups excluding carboxylic acids is 2. The lowest BCUT2D eigenvalue weighted by molar-refractivity contribution is -0.138. The van der Waals surface area contributed by atoms with E-state index in [0.717, 1.165) is 24.6 Å². The van der Waals surface area contributed by atoms with Crippen LogP contribution in [0.4, 0.5) is 28.9 Å². The van der Waals surface area contributed by atoms with Gasteiger partial charge in [-0.2, -0.15) is 13.2 Å². The van der Waals surface area contributed by atoms with Gasteiger partial charge in [-0.3, -0.25) is 9.59 Å². The number of nitrogens with zero attached hydrogens (tertiary/aromatic N) is 1. The van der Waals surface area contributed by atoms with E-state index in [1.165, 1.54) is 38.0 Å². The third-order valence-corrected chi connectivity index (χ3v) is 8.98. The first kappa shape index (κ1) is 30.6. The van der Waals surface area contributed by atoms with Gasteiger partial charge in [-0.25, -0.2) is 4.39 Å². The Morgan fingerprint density at radius 1 is 0.930 bits per heavy atom. The Hall–Kier alpha value is -3.82. The highest BCUT2D eigenvalue weighted by atomic mass is 19.4. The number of amides is 2. The summed E-state index contributed by atoms with van der Waals surface area (Å²) in [4.78, 5) is 29.6. The molecule has 0 radical (unpaired) electrons. The molecular weight excluding hydrogens is 557 g/mol. The van der Waals surface area contributed by atoms with Crippen molar-refractivity contribution >= 4 is 31.0 Å². The number of anilines is 2. The van der Waals surface area contributed by atoms with Gasteiger partial charge >= 0.3 is 6.18 Å². The zero-order chi connectivity index (χ0) is 30.9. The first-order valence-electron chi connectivity index (χ1n) is 14.8. The topological polar surface area (TPSA) is 61.4 Å². The molecule has 2 amide bonds. The van der Waals surface area contributed by atoms with Crippen molar-refractivity contribution in [3.05, 3.63) is 94.3 Å². The van der Waals surface area contributed by atoms with Gasteiger partial charge in [0.25, 0.3) is 5.91 Å². The fourth-order valence-corrected chi connectivity index (χ4v) is 6.62. The molecule has 0 spiro atoms. The van der Waals surface area contributed by atoms with Crippen LogP contribution in [0.25, 0.3) is 0 Å². The highest BCUT2D eigenvalue weighted by Gasteiger charge is 2.49. The van der Waals surface area contributed by atoms with Crippen LogP contribution in [0, 0.1) is 19.7 Å². The predicted molar refractivity (Wildman–Crippen MR) is 163 cm³/mol. The Morgan fingerprint density at radius 3 is 2.26 bits per heavy atom. The molecule has 1 aliphatic heterocycles. The molecule has 1 aliphatic carbocycles. The summed E-state index contributed by atoms with van der Waals surface area (Å²) < 4.78 is 55.9. The van der Waals surface area contributed by atoms with Gasteiger partial charge in [0.15, 0.2) is 0 Å². The molecule has 0 bridgehead atoms. The summed E-state index contributed by atoms with van der Waals surface area (Å²) >= 11 is 0. The number of hydrogen-bond acceptors (Lipinski definition) is 3. The van der Waals surface area contributed by atoms with Crippen molar-refractivity contribution in [3.8, 4) is 0 Å². The van der Waals surface area contributed by atoms with Gasteiger partial charge in [-0.1, -0.05) is 43.2 Å². The van der Waals surface area contributed by atoms with Gasteiger partial charge in [0.05, 0.1) is 17.2 Å². The largest absolute Gasteiger partial charge is 0.416 e.